The lowest BCUT2D eigenvalue weighted by Gasteiger charge is -2.09. The fraction of sp³-hybridized carbons (Fsp3) is 0.250. The third kappa shape index (κ3) is 2.88. The standard InChI is InChI=1S/C16H19N/c1-12(2)10-13-6-5-7-14(11-13)15-8-3-4-9-16(15)17/h3-9,11-12H,10,17H2,1-2H3. The molecule has 0 saturated carbocycles. The van der Waals surface area contributed by atoms with E-state index in [1.807, 2.05) is 18.2 Å². The van der Waals surface area contributed by atoms with Crippen LogP contribution in [0.15, 0.2) is 48.5 Å². The van der Waals surface area contributed by atoms with Crippen LogP contribution in [-0.2, 0) is 6.42 Å². The van der Waals surface area contributed by atoms with Crippen molar-refractivity contribution >= 4 is 5.69 Å². The first-order valence-electron chi connectivity index (χ1n) is 6.10. The first kappa shape index (κ1) is 11.7. The topological polar surface area (TPSA) is 26.0 Å². The molecule has 0 heterocycles. The van der Waals surface area contributed by atoms with Gasteiger partial charge in [-0.25, -0.2) is 0 Å². The number of nitrogens with two attached hydrogens (primary N) is 1. The quantitative estimate of drug-likeness (QED) is 0.781. The molecule has 2 aromatic carbocycles. The Morgan fingerprint density at radius 3 is 2.47 bits per heavy atom. The minimum Gasteiger partial charge on any atom is -0.398 e. The summed E-state index contributed by atoms with van der Waals surface area (Å²) in [7, 11) is 0. The van der Waals surface area contributed by atoms with Crippen LogP contribution in [0.1, 0.15) is 19.4 Å². The molecule has 0 aliphatic rings. The zero-order chi connectivity index (χ0) is 12.3. The molecule has 0 bridgehead atoms. The number of nitrogen functional groups attached to an aromatic ring is 1. The summed E-state index contributed by atoms with van der Waals surface area (Å²) in [5.74, 6) is 0.679. The third-order valence-electron chi connectivity index (χ3n) is 2.84. The van der Waals surface area contributed by atoms with Crippen molar-refractivity contribution in [3.05, 3.63) is 54.1 Å². The minimum absolute atomic E-state index is 0.679. The monoisotopic (exact) mass is 225 g/mol. The molecule has 0 aromatic heterocycles. The minimum atomic E-state index is 0.679. The highest BCUT2D eigenvalue weighted by Gasteiger charge is 2.03. The van der Waals surface area contributed by atoms with Crippen LogP contribution < -0.4 is 5.73 Å². The van der Waals surface area contributed by atoms with E-state index in [1.165, 1.54) is 11.1 Å². The normalized spacial score (nSPS) is 10.8. The van der Waals surface area contributed by atoms with Gasteiger partial charge < -0.3 is 5.73 Å². The number of para-hydroxylation sites is 1. The molecule has 0 aliphatic heterocycles. The predicted octanol–water partition coefficient (Wildman–Crippen LogP) is 4.13. The van der Waals surface area contributed by atoms with Gasteiger partial charge in [-0.2, -0.15) is 0 Å². The Morgan fingerprint density at radius 2 is 1.76 bits per heavy atom. The van der Waals surface area contributed by atoms with E-state index in [9.17, 15) is 0 Å². The fourth-order valence-electron chi connectivity index (χ4n) is 2.10. The summed E-state index contributed by atoms with van der Waals surface area (Å²) >= 11 is 0. The van der Waals surface area contributed by atoms with Crippen LogP contribution in [0.4, 0.5) is 5.69 Å². The second kappa shape index (κ2) is 5.05. The Bertz CT molecular complexity index is 500. The molecule has 2 N–H and O–H groups in total. The van der Waals surface area contributed by atoms with Gasteiger partial charge in [-0.3, -0.25) is 0 Å². The Morgan fingerprint density at radius 1 is 1.00 bits per heavy atom. The van der Waals surface area contributed by atoms with E-state index in [1.54, 1.807) is 0 Å². The average molecular weight is 225 g/mol. The van der Waals surface area contributed by atoms with Crippen molar-refractivity contribution in [2.24, 2.45) is 5.92 Å². The van der Waals surface area contributed by atoms with Crippen molar-refractivity contribution in [2.75, 3.05) is 5.73 Å². The molecular formula is C16H19N. The molecule has 0 aliphatic carbocycles. The van der Waals surface area contributed by atoms with Crippen molar-refractivity contribution in [1.29, 1.82) is 0 Å². The van der Waals surface area contributed by atoms with Crippen LogP contribution >= 0.6 is 0 Å². The van der Waals surface area contributed by atoms with E-state index >= 15 is 0 Å². The zero-order valence-electron chi connectivity index (χ0n) is 10.5. The summed E-state index contributed by atoms with van der Waals surface area (Å²) in [6, 6.07) is 16.7. The Balaban J connectivity index is 2.37. The molecule has 0 atom stereocenters. The first-order chi connectivity index (χ1) is 8.16. The van der Waals surface area contributed by atoms with Crippen molar-refractivity contribution in [3.63, 3.8) is 0 Å². The molecule has 2 aromatic rings. The highest BCUT2D eigenvalue weighted by atomic mass is 14.6. The second-order valence-corrected chi connectivity index (χ2v) is 4.89. The average Bonchev–Trinajstić information content (AvgIpc) is 2.29. The number of anilines is 1. The molecular weight excluding hydrogens is 206 g/mol. The molecule has 0 saturated heterocycles. The Hall–Kier alpha value is -1.76. The molecule has 0 unspecified atom stereocenters. The lowest BCUT2D eigenvalue weighted by Crippen LogP contribution is -1.95. The van der Waals surface area contributed by atoms with Gasteiger partial charge in [-0.05, 0) is 29.5 Å². The van der Waals surface area contributed by atoms with Crippen molar-refractivity contribution in [3.8, 4) is 11.1 Å². The van der Waals surface area contributed by atoms with Crippen LogP contribution in [0.3, 0.4) is 0 Å². The van der Waals surface area contributed by atoms with E-state index in [4.69, 9.17) is 5.73 Å². The summed E-state index contributed by atoms with van der Waals surface area (Å²) in [6.45, 7) is 4.48. The maximum atomic E-state index is 6.00. The molecule has 1 heteroatoms. The van der Waals surface area contributed by atoms with Gasteiger partial charge in [-0.1, -0.05) is 56.3 Å². The molecule has 0 fully saturated rings. The van der Waals surface area contributed by atoms with Gasteiger partial charge in [0.15, 0.2) is 0 Å². The van der Waals surface area contributed by atoms with Crippen LogP contribution in [0.2, 0.25) is 0 Å². The van der Waals surface area contributed by atoms with E-state index in [0.717, 1.165) is 17.7 Å². The molecule has 0 amide bonds. The van der Waals surface area contributed by atoms with Gasteiger partial charge in [0.2, 0.25) is 0 Å². The molecule has 1 nitrogen and oxygen atoms in total. The lowest BCUT2D eigenvalue weighted by atomic mass is 9.97. The lowest BCUT2D eigenvalue weighted by molar-refractivity contribution is 0.647. The number of rotatable bonds is 3. The maximum Gasteiger partial charge on any atom is 0.0393 e. The summed E-state index contributed by atoms with van der Waals surface area (Å²) in [5.41, 5.74) is 10.6. The largest absolute Gasteiger partial charge is 0.398 e. The van der Waals surface area contributed by atoms with Crippen molar-refractivity contribution < 1.29 is 0 Å². The smallest absolute Gasteiger partial charge is 0.0393 e. The third-order valence-corrected chi connectivity index (χ3v) is 2.84. The van der Waals surface area contributed by atoms with E-state index in [0.29, 0.717) is 5.92 Å². The summed E-state index contributed by atoms with van der Waals surface area (Å²) in [4.78, 5) is 0. The van der Waals surface area contributed by atoms with Gasteiger partial charge in [0.1, 0.15) is 0 Å². The maximum absolute atomic E-state index is 6.00. The predicted molar refractivity (Wildman–Crippen MR) is 74.8 cm³/mol. The SMILES string of the molecule is CC(C)Cc1cccc(-c2ccccc2N)c1. The van der Waals surface area contributed by atoms with Gasteiger partial charge in [0, 0.05) is 11.3 Å². The molecule has 0 radical (unpaired) electrons. The zero-order valence-corrected chi connectivity index (χ0v) is 10.5. The van der Waals surface area contributed by atoms with E-state index in [2.05, 4.69) is 44.2 Å². The first-order valence-corrected chi connectivity index (χ1v) is 6.10. The summed E-state index contributed by atoms with van der Waals surface area (Å²) < 4.78 is 0. The van der Waals surface area contributed by atoms with Crippen LogP contribution in [0, 0.1) is 5.92 Å². The molecule has 88 valence electrons. The highest BCUT2D eigenvalue weighted by molar-refractivity contribution is 5.76. The van der Waals surface area contributed by atoms with Crippen molar-refractivity contribution in [2.45, 2.75) is 20.3 Å². The van der Waals surface area contributed by atoms with Crippen LogP contribution in [-0.4, -0.2) is 0 Å². The number of benzene rings is 2. The molecule has 2 rings (SSSR count). The molecule has 0 spiro atoms. The summed E-state index contributed by atoms with van der Waals surface area (Å²) in [6.07, 6.45) is 1.11. The Kier molecular flexibility index (Phi) is 3.48. The van der Waals surface area contributed by atoms with Gasteiger partial charge >= 0.3 is 0 Å². The number of hydrogen-bond donors (Lipinski definition) is 1. The van der Waals surface area contributed by atoms with Gasteiger partial charge in [0.25, 0.3) is 0 Å². The second-order valence-electron chi connectivity index (χ2n) is 4.89. The van der Waals surface area contributed by atoms with E-state index < -0.39 is 0 Å². The van der Waals surface area contributed by atoms with E-state index in [-0.39, 0.29) is 0 Å². The Labute approximate surface area is 103 Å². The van der Waals surface area contributed by atoms with Gasteiger partial charge in [0.05, 0.1) is 0 Å². The van der Waals surface area contributed by atoms with Crippen molar-refractivity contribution in [1.82, 2.24) is 0 Å². The number of hydrogen-bond acceptors (Lipinski definition) is 1. The van der Waals surface area contributed by atoms with Crippen LogP contribution in [0.5, 0.6) is 0 Å². The molecule has 17 heavy (non-hydrogen) atoms. The fourth-order valence-corrected chi connectivity index (χ4v) is 2.10. The highest BCUT2D eigenvalue weighted by Crippen LogP contribution is 2.26. The van der Waals surface area contributed by atoms with Gasteiger partial charge in [-0.15, -0.1) is 0 Å². The summed E-state index contributed by atoms with van der Waals surface area (Å²) in [5, 5.41) is 0. The van der Waals surface area contributed by atoms with Crippen LogP contribution in [0.25, 0.3) is 11.1 Å².